The van der Waals surface area contributed by atoms with Gasteiger partial charge in [0, 0.05) is 18.7 Å². The minimum absolute atomic E-state index is 0.563. The predicted molar refractivity (Wildman–Crippen MR) is 62.5 cm³/mol. The first kappa shape index (κ1) is 11.0. The minimum atomic E-state index is 0.563. The lowest BCUT2D eigenvalue weighted by Crippen LogP contribution is -2.23. The van der Waals surface area contributed by atoms with Crippen LogP contribution in [0.25, 0.3) is 0 Å². The van der Waals surface area contributed by atoms with E-state index in [-0.39, 0.29) is 0 Å². The summed E-state index contributed by atoms with van der Waals surface area (Å²) in [4.78, 5) is 10.1. The molecular weight excluding hydrogens is 226 g/mol. The summed E-state index contributed by atoms with van der Waals surface area (Å²) in [6.07, 6.45) is 6.48. The molecule has 4 nitrogen and oxygen atoms in total. The molecular formula is C11H12ClN3O. The molecule has 5 heteroatoms. The van der Waals surface area contributed by atoms with Gasteiger partial charge in [-0.3, -0.25) is 0 Å². The number of anilines is 1. The molecule has 0 aliphatic rings. The zero-order chi connectivity index (χ0) is 11.4. The van der Waals surface area contributed by atoms with Crippen LogP contribution < -0.4 is 4.90 Å². The zero-order valence-electron chi connectivity index (χ0n) is 8.93. The fourth-order valence-corrected chi connectivity index (χ4v) is 1.70. The number of aromatic nitrogens is 2. The van der Waals surface area contributed by atoms with Gasteiger partial charge in [-0.05, 0) is 13.0 Å². The summed E-state index contributed by atoms with van der Waals surface area (Å²) in [6.45, 7) is 3.60. The molecule has 0 aliphatic carbocycles. The molecule has 2 rings (SSSR count). The van der Waals surface area contributed by atoms with Crippen LogP contribution in [0.3, 0.4) is 0 Å². The Morgan fingerprint density at radius 3 is 3.00 bits per heavy atom. The average molecular weight is 238 g/mol. The summed E-state index contributed by atoms with van der Waals surface area (Å²) in [6, 6.07) is 1.93. The van der Waals surface area contributed by atoms with Crippen LogP contribution in [0.15, 0.2) is 35.5 Å². The molecule has 0 spiro atoms. The highest BCUT2D eigenvalue weighted by Gasteiger charge is 2.11. The lowest BCUT2D eigenvalue weighted by atomic mass is 10.3. The van der Waals surface area contributed by atoms with Crippen LogP contribution in [0.1, 0.15) is 12.5 Å². The summed E-state index contributed by atoms with van der Waals surface area (Å²) in [5.41, 5.74) is 1.09. The van der Waals surface area contributed by atoms with Crippen molar-refractivity contribution in [3.8, 4) is 0 Å². The van der Waals surface area contributed by atoms with E-state index in [4.69, 9.17) is 16.0 Å². The maximum absolute atomic E-state index is 6.05. The van der Waals surface area contributed by atoms with Gasteiger partial charge in [0.2, 0.25) is 0 Å². The predicted octanol–water partition coefficient (Wildman–Crippen LogP) is 2.75. The third kappa shape index (κ3) is 2.33. The second kappa shape index (κ2) is 4.99. The van der Waals surface area contributed by atoms with Crippen molar-refractivity contribution in [1.82, 2.24) is 9.97 Å². The van der Waals surface area contributed by atoms with Crippen LogP contribution in [-0.2, 0) is 6.54 Å². The van der Waals surface area contributed by atoms with Crippen LogP contribution in [0.2, 0.25) is 5.02 Å². The summed E-state index contributed by atoms with van der Waals surface area (Å²) in [5, 5.41) is 0.563. The van der Waals surface area contributed by atoms with Crippen LogP contribution in [0, 0.1) is 0 Å². The van der Waals surface area contributed by atoms with Crippen LogP contribution in [-0.4, -0.2) is 16.5 Å². The highest BCUT2D eigenvalue weighted by molar-refractivity contribution is 6.32. The second-order valence-electron chi connectivity index (χ2n) is 3.34. The van der Waals surface area contributed by atoms with E-state index >= 15 is 0 Å². The highest BCUT2D eigenvalue weighted by atomic mass is 35.5. The third-order valence-corrected chi connectivity index (χ3v) is 2.55. The van der Waals surface area contributed by atoms with Crippen molar-refractivity contribution in [3.05, 3.63) is 41.7 Å². The minimum Gasteiger partial charge on any atom is -0.472 e. The van der Waals surface area contributed by atoms with Crippen LogP contribution in [0.4, 0.5) is 5.82 Å². The number of rotatable bonds is 4. The maximum Gasteiger partial charge on any atom is 0.151 e. The number of hydrogen-bond donors (Lipinski definition) is 0. The molecule has 0 amide bonds. The monoisotopic (exact) mass is 237 g/mol. The highest BCUT2D eigenvalue weighted by Crippen LogP contribution is 2.22. The topological polar surface area (TPSA) is 42.2 Å². The quantitative estimate of drug-likeness (QED) is 0.820. The standard InChI is InChI=1S/C11H12ClN3O/c1-2-15(6-9-3-4-16-7-9)11-10(12)5-13-8-14-11/h3-5,7-8H,2,6H2,1H3. The first-order valence-corrected chi connectivity index (χ1v) is 5.40. The smallest absolute Gasteiger partial charge is 0.151 e. The van der Waals surface area contributed by atoms with Gasteiger partial charge in [-0.2, -0.15) is 0 Å². The molecule has 0 radical (unpaired) electrons. The second-order valence-corrected chi connectivity index (χ2v) is 3.75. The number of nitrogens with zero attached hydrogens (tertiary/aromatic N) is 3. The molecule has 0 aliphatic heterocycles. The van der Waals surface area contributed by atoms with Gasteiger partial charge in [0.1, 0.15) is 11.3 Å². The number of hydrogen-bond acceptors (Lipinski definition) is 4. The molecule has 0 unspecified atom stereocenters. The van der Waals surface area contributed by atoms with Crippen molar-refractivity contribution in [2.45, 2.75) is 13.5 Å². The van der Waals surface area contributed by atoms with E-state index in [1.54, 1.807) is 18.7 Å². The number of halogens is 1. The molecule has 16 heavy (non-hydrogen) atoms. The van der Waals surface area contributed by atoms with Gasteiger partial charge in [-0.25, -0.2) is 9.97 Å². The van der Waals surface area contributed by atoms with Crippen molar-refractivity contribution >= 4 is 17.4 Å². The Morgan fingerprint density at radius 1 is 1.50 bits per heavy atom. The van der Waals surface area contributed by atoms with Gasteiger partial charge in [-0.15, -0.1) is 0 Å². The summed E-state index contributed by atoms with van der Waals surface area (Å²) in [7, 11) is 0. The summed E-state index contributed by atoms with van der Waals surface area (Å²) >= 11 is 6.05. The zero-order valence-corrected chi connectivity index (χ0v) is 9.68. The largest absolute Gasteiger partial charge is 0.472 e. The van der Waals surface area contributed by atoms with E-state index in [2.05, 4.69) is 21.8 Å². The molecule has 2 aromatic heterocycles. The maximum atomic E-state index is 6.05. The van der Waals surface area contributed by atoms with Crippen molar-refractivity contribution in [1.29, 1.82) is 0 Å². The molecule has 84 valence electrons. The van der Waals surface area contributed by atoms with E-state index in [0.717, 1.165) is 24.5 Å². The molecule has 0 atom stereocenters. The Kier molecular flexibility index (Phi) is 3.41. The molecule has 2 heterocycles. The average Bonchev–Trinajstić information content (AvgIpc) is 2.80. The van der Waals surface area contributed by atoms with Crippen LogP contribution >= 0.6 is 11.6 Å². The first-order chi connectivity index (χ1) is 7.81. The van der Waals surface area contributed by atoms with E-state index in [1.165, 1.54) is 6.33 Å². The van der Waals surface area contributed by atoms with Crippen molar-refractivity contribution in [2.24, 2.45) is 0 Å². The lowest BCUT2D eigenvalue weighted by molar-refractivity contribution is 0.563. The molecule has 0 saturated heterocycles. The Morgan fingerprint density at radius 2 is 2.38 bits per heavy atom. The molecule has 0 fully saturated rings. The van der Waals surface area contributed by atoms with Crippen molar-refractivity contribution in [3.63, 3.8) is 0 Å². The van der Waals surface area contributed by atoms with E-state index in [9.17, 15) is 0 Å². The van der Waals surface area contributed by atoms with Crippen molar-refractivity contribution in [2.75, 3.05) is 11.4 Å². The number of furan rings is 1. The lowest BCUT2D eigenvalue weighted by Gasteiger charge is -2.21. The Bertz CT molecular complexity index is 444. The Labute approximate surface area is 98.9 Å². The molecule has 0 aromatic carbocycles. The fraction of sp³-hybridized carbons (Fsp3) is 0.273. The molecule has 0 saturated carbocycles. The summed E-state index contributed by atoms with van der Waals surface area (Å²) in [5.74, 6) is 0.750. The summed E-state index contributed by atoms with van der Waals surface area (Å²) < 4.78 is 5.03. The Balaban J connectivity index is 2.20. The van der Waals surface area contributed by atoms with Gasteiger partial charge < -0.3 is 9.32 Å². The molecule has 0 N–H and O–H groups in total. The molecule has 0 bridgehead atoms. The first-order valence-electron chi connectivity index (χ1n) is 5.02. The SMILES string of the molecule is CCN(Cc1ccoc1)c1ncncc1Cl. The van der Waals surface area contributed by atoms with E-state index < -0.39 is 0 Å². The fourth-order valence-electron chi connectivity index (χ4n) is 1.48. The van der Waals surface area contributed by atoms with Gasteiger partial charge in [0.05, 0.1) is 18.7 Å². The van der Waals surface area contributed by atoms with Gasteiger partial charge >= 0.3 is 0 Å². The van der Waals surface area contributed by atoms with Gasteiger partial charge in [-0.1, -0.05) is 11.6 Å². The normalized spacial score (nSPS) is 10.4. The van der Waals surface area contributed by atoms with Gasteiger partial charge in [0.15, 0.2) is 5.82 Å². The van der Waals surface area contributed by atoms with Crippen molar-refractivity contribution < 1.29 is 4.42 Å². The molecule has 2 aromatic rings. The van der Waals surface area contributed by atoms with Crippen LogP contribution in [0.5, 0.6) is 0 Å². The van der Waals surface area contributed by atoms with Gasteiger partial charge in [0.25, 0.3) is 0 Å². The van der Waals surface area contributed by atoms with E-state index in [1.807, 2.05) is 6.07 Å². The third-order valence-electron chi connectivity index (χ3n) is 2.28. The Hall–Kier alpha value is -1.55. The van der Waals surface area contributed by atoms with E-state index in [0.29, 0.717) is 5.02 Å².